The molecule has 17 heavy (non-hydrogen) atoms. The van der Waals surface area contributed by atoms with Crippen LogP contribution in [0.15, 0.2) is 0 Å². The van der Waals surface area contributed by atoms with Crippen LogP contribution in [0.1, 0.15) is 42.0 Å². The van der Waals surface area contributed by atoms with Crippen LogP contribution in [0.5, 0.6) is 5.75 Å². The van der Waals surface area contributed by atoms with Gasteiger partial charge >= 0.3 is 11.9 Å². The third kappa shape index (κ3) is 2.18. The van der Waals surface area contributed by atoms with E-state index in [1.165, 1.54) is 6.92 Å². The van der Waals surface area contributed by atoms with Gasteiger partial charge < -0.3 is 14.5 Å². The molecule has 0 amide bonds. The summed E-state index contributed by atoms with van der Waals surface area (Å²) in [5.41, 5.74) is 2.17. The van der Waals surface area contributed by atoms with E-state index in [1.807, 2.05) is 0 Å². The minimum Gasteiger partial charge on any atom is -0.461 e. The second kappa shape index (κ2) is 4.61. The summed E-state index contributed by atoms with van der Waals surface area (Å²) >= 11 is 0. The molecule has 0 radical (unpaired) electrons. The lowest BCUT2D eigenvalue weighted by Crippen LogP contribution is -2.10. The Hall–Kier alpha value is -1.78. The first-order valence-electron chi connectivity index (χ1n) is 5.72. The topological polar surface area (TPSA) is 68.4 Å². The summed E-state index contributed by atoms with van der Waals surface area (Å²) in [5, 5.41) is 0. The SMILES string of the molecule is CCOC(=O)c1[nH]c2c(c1OC(C)=O)CCC2. The van der Waals surface area contributed by atoms with Crippen molar-refractivity contribution >= 4 is 11.9 Å². The van der Waals surface area contributed by atoms with Crippen LogP contribution < -0.4 is 4.74 Å². The highest BCUT2D eigenvalue weighted by Crippen LogP contribution is 2.34. The number of esters is 2. The number of hydrogen-bond donors (Lipinski definition) is 1. The van der Waals surface area contributed by atoms with Crippen molar-refractivity contribution in [2.75, 3.05) is 6.61 Å². The van der Waals surface area contributed by atoms with Gasteiger partial charge in [-0.3, -0.25) is 4.79 Å². The molecule has 0 atom stereocenters. The first-order valence-corrected chi connectivity index (χ1v) is 5.72. The maximum atomic E-state index is 11.7. The maximum absolute atomic E-state index is 11.7. The van der Waals surface area contributed by atoms with E-state index < -0.39 is 11.9 Å². The number of fused-ring (bicyclic) bond motifs is 1. The van der Waals surface area contributed by atoms with Gasteiger partial charge in [-0.1, -0.05) is 0 Å². The first-order chi connectivity index (χ1) is 8.13. The second-order valence-corrected chi connectivity index (χ2v) is 3.95. The van der Waals surface area contributed by atoms with Gasteiger partial charge in [0.1, 0.15) is 0 Å². The van der Waals surface area contributed by atoms with Crippen molar-refractivity contribution in [1.82, 2.24) is 4.98 Å². The molecule has 1 N–H and O–H groups in total. The first kappa shape index (κ1) is 11.7. The fraction of sp³-hybridized carbons (Fsp3) is 0.500. The quantitative estimate of drug-likeness (QED) is 0.811. The maximum Gasteiger partial charge on any atom is 0.358 e. The zero-order valence-corrected chi connectivity index (χ0v) is 9.96. The predicted molar refractivity (Wildman–Crippen MR) is 60.1 cm³/mol. The lowest BCUT2D eigenvalue weighted by atomic mass is 10.2. The molecular formula is C12H15NO4. The second-order valence-electron chi connectivity index (χ2n) is 3.95. The number of aromatic nitrogens is 1. The summed E-state index contributed by atoms with van der Waals surface area (Å²) in [6.07, 6.45) is 2.72. The number of carbonyl (C=O) groups excluding carboxylic acids is 2. The van der Waals surface area contributed by atoms with Crippen LogP contribution in [0.25, 0.3) is 0 Å². The Balaban J connectivity index is 2.37. The van der Waals surface area contributed by atoms with E-state index in [0.29, 0.717) is 12.4 Å². The molecule has 1 aromatic rings. The van der Waals surface area contributed by atoms with Crippen molar-refractivity contribution in [1.29, 1.82) is 0 Å². The van der Waals surface area contributed by atoms with Gasteiger partial charge in [0.15, 0.2) is 11.4 Å². The monoisotopic (exact) mass is 237 g/mol. The van der Waals surface area contributed by atoms with E-state index in [4.69, 9.17) is 9.47 Å². The summed E-state index contributed by atoms with van der Waals surface area (Å²) in [5.74, 6) is -0.550. The number of aromatic amines is 1. The van der Waals surface area contributed by atoms with Gasteiger partial charge in [-0.25, -0.2) is 4.79 Å². The number of hydrogen-bond acceptors (Lipinski definition) is 4. The summed E-state index contributed by atoms with van der Waals surface area (Å²) in [6.45, 7) is 3.35. The van der Waals surface area contributed by atoms with E-state index in [2.05, 4.69) is 4.98 Å². The van der Waals surface area contributed by atoms with Crippen molar-refractivity contribution in [3.63, 3.8) is 0 Å². The molecule has 0 aliphatic heterocycles. The van der Waals surface area contributed by atoms with Crippen molar-refractivity contribution in [3.8, 4) is 5.75 Å². The largest absolute Gasteiger partial charge is 0.461 e. The van der Waals surface area contributed by atoms with Crippen molar-refractivity contribution in [3.05, 3.63) is 17.0 Å². The van der Waals surface area contributed by atoms with Crippen LogP contribution in [0.2, 0.25) is 0 Å². The van der Waals surface area contributed by atoms with E-state index >= 15 is 0 Å². The Morgan fingerprint density at radius 2 is 2.12 bits per heavy atom. The van der Waals surface area contributed by atoms with Crippen LogP contribution in [0.3, 0.4) is 0 Å². The van der Waals surface area contributed by atoms with E-state index in [1.54, 1.807) is 6.92 Å². The molecule has 5 nitrogen and oxygen atoms in total. The average Bonchev–Trinajstić information content (AvgIpc) is 2.80. The number of nitrogens with one attached hydrogen (secondary N) is 1. The van der Waals surface area contributed by atoms with Crippen LogP contribution in [0.4, 0.5) is 0 Å². The van der Waals surface area contributed by atoms with Gasteiger partial charge in [0.25, 0.3) is 0 Å². The van der Waals surface area contributed by atoms with E-state index in [-0.39, 0.29) is 5.69 Å². The molecule has 2 rings (SSSR count). The summed E-state index contributed by atoms with van der Waals surface area (Å²) in [6, 6.07) is 0. The zero-order chi connectivity index (χ0) is 12.4. The van der Waals surface area contributed by atoms with Crippen LogP contribution in [0, 0.1) is 0 Å². The molecule has 0 saturated carbocycles. The zero-order valence-electron chi connectivity index (χ0n) is 9.96. The highest BCUT2D eigenvalue weighted by atomic mass is 16.5. The van der Waals surface area contributed by atoms with Gasteiger partial charge in [-0.05, 0) is 26.2 Å². The fourth-order valence-electron chi connectivity index (χ4n) is 2.09. The number of rotatable bonds is 3. The fourth-order valence-corrected chi connectivity index (χ4v) is 2.09. The molecule has 1 aliphatic carbocycles. The molecule has 92 valence electrons. The smallest absolute Gasteiger partial charge is 0.358 e. The lowest BCUT2D eigenvalue weighted by Gasteiger charge is -2.05. The van der Waals surface area contributed by atoms with Crippen LogP contribution in [-0.2, 0) is 22.4 Å². The number of H-pyrrole nitrogens is 1. The van der Waals surface area contributed by atoms with Gasteiger partial charge in [0, 0.05) is 18.2 Å². The molecule has 5 heteroatoms. The van der Waals surface area contributed by atoms with Crippen LogP contribution >= 0.6 is 0 Å². The molecule has 0 saturated heterocycles. The van der Waals surface area contributed by atoms with Gasteiger partial charge in [0.05, 0.1) is 6.61 Å². The molecule has 0 spiro atoms. The molecule has 0 unspecified atom stereocenters. The molecule has 1 aromatic heterocycles. The lowest BCUT2D eigenvalue weighted by molar-refractivity contribution is -0.131. The van der Waals surface area contributed by atoms with E-state index in [9.17, 15) is 9.59 Å². The minimum absolute atomic E-state index is 0.256. The summed E-state index contributed by atoms with van der Waals surface area (Å²) in [7, 11) is 0. The highest BCUT2D eigenvalue weighted by Gasteiger charge is 2.27. The Morgan fingerprint density at radius 1 is 1.35 bits per heavy atom. The molecule has 0 fully saturated rings. The molecule has 1 heterocycles. The standard InChI is InChI=1S/C12H15NO4/c1-3-16-12(15)10-11(17-7(2)14)8-5-4-6-9(8)13-10/h13H,3-6H2,1-2H3. The minimum atomic E-state index is -0.474. The number of aryl methyl sites for hydroxylation is 1. The summed E-state index contributed by atoms with van der Waals surface area (Å²) in [4.78, 5) is 25.8. The van der Waals surface area contributed by atoms with Gasteiger partial charge in [-0.15, -0.1) is 0 Å². The number of ether oxygens (including phenoxy) is 2. The van der Waals surface area contributed by atoms with Gasteiger partial charge in [0.2, 0.25) is 0 Å². The Bertz CT molecular complexity index is 461. The summed E-state index contributed by atoms with van der Waals surface area (Å²) < 4.78 is 10.1. The van der Waals surface area contributed by atoms with Gasteiger partial charge in [-0.2, -0.15) is 0 Å². The third-order valence-corrected chi connectivity index (χ3v) is 2.72. The number of carbonyl (C=O) groups is 2. The van der Waals surface area contributed by atoms with E-state index in [0.717, 1.165) is 30.5 Å². The normalized spacial score (nSPS) is 13.3. The predicted octanol–water partition coefficient (Wildman–Crippen LogP) is 1.61. The Labute approximate surface area is 99.1 Å². The Morgan fingerprint density at radius 3 is 2.76 bits per heavy atom. The molecule has 0 aromatic carbocycles. The van der Waals surface area contributed by atoms with Crippen molar-refractivity contribution in [2.24, 2.45) is 0 Å². The van der Waals surface area contributed by atoms with Crippen molar-refractivity contribution < 1.29 is 19.1 Å². The third-order valence-electron chi connectivity index (χ3n) is 2.72. The Kier molecular flexibility index (Phi) is 3.17. The molecule has 0 bridgehead atoms. The average molecular weight is 237 g/mol. The molecule has 1 aliphatic rings. The van der Waals surface area contributed by atoms with Crippen LogP contribution in [-0.4, -0.2) is 23.5 Å². The highest BCUT2D eigenvalue weighted by molar-refractivity contribution is 5.92. The molecular weight excluding hydrogens is 222 g/mol. The van der Waals surface area contributed by atoms with Crippen molar-refractivity contribution in [2.45, 2.75) is 33.1 Å².